The fourth-order valence-corrected chi connectivity index (χ4v) is 4.67. The quantitative estimate of drug-likeness (QED) is 0.267. The first-order chi connectivity index (χ1) is 17.2. The molecule has 0 saturated heterocycles. The Kier molecular flexibility index (Phi) is 8.83. The fraction of sp³-hybridized carbons (Fsp3) is 0.286. The lowest BCUT2D eigenvalue weighted by Gasteiger charge is -2.19. The second-order valence-electron chi connectivity index (χ2n) is 8.74. The van der Waals surface area contributed by atoms with Gasteiger partial charge in [-0.05, 0) is 103 Å². The normalized spacial score (nSPS) is 14.7. The zero-order valence-electron chi connectivity index (χ0n) is 19.8. The number of nitriles is 2. The number of nitrogens with two attached hydrogens (primary N) is 1. The first-order valence-corrected chi connectivity index (χ1v) is 12.1. The van der Waals surface area contributed by atoms with Crippen molar-refractivity contribution >= 4 is 35.3 Å². The smallest absolute Gasteiger partial charge is 0.346 e. The van der Waals surface area contributed by atoms with Gasteiger partial charge in [0.25, 0.3) is 0 Å². The van der Waals surface area contributed by atoms with Gasteiger partial charge in [-0.25, -0.2) is 4.79 Å². The van der Waals surface area contributed by atoms with Gasteiger partial charge in [0.15, 0.2) is 0 Å². The number of phenolic OH excluding ortho intramolecular Hbond substituents is 2. The Morgan fingerprint density at radius 1 is 0.861 bits per heavy atom. The van der Waals surface area contributed by atoms with Crippen LogP contribution in [0, 0.1) is 22.7 Å². The van der Waals surface area contributed by atoms with Crippen molar-refractivity contribution in [3.63, 3.8) is 0 Å². The van der Waals surface area contributed by atoms with Crippen LogP contribution in [0.4, 0.5) is 0 Å². The van der Waals surface area contributed by atoms with E-state index in [4.69, 9.17) is 33.6 Å². The van der Waals surface area contributed by atoms with Crippen LogP contribution in [0.25, 0.3) is 12.2 Å². The number of hydrogen-bond donors (Lipinski definition) is 4. The Bertz CT molecular complexity index is 1350. The fourth-order valence-electron chi connectivity index (χ4n) is 4.57. The predicted molar refractivity (Wildman–Crippen MR) is 141 cm³/mol. The molecule has 184 valence electrons. The average Bonchev–Trinajstić information content (AvgIpc) is 2.87. The number of carboxylic acid groups (broad SMARTS) is 1. The number of phenols is 2. The molecule has 0 atom stereocenters. The van der Waals surface area contributed by atoms with Crippen molar-refractivity contribution in [2.24, 2.45) is 5.73 Å². The molecule has 7 nitrogen and oxygen atoms in total. The zero-order valence-corrected chi connectivity index (χ0v) is 20.6. The van der Waals surface area contributed by atoms with Gasteiger partial charge in [-0.3, -0.25) is 0 Å². The van der Waals surface area contributed by atoms with Gasteiger partial charge in [-0.2, -0.15) is 10.5 Å². The van der Waals surface area contributed by atoms with Crippen LogP contribution in [-0.4, -0.2) is 26.3 Å². The Morgan fingerprint density at radius 2 is 1.47 bits per heavy atom. The molecule has 0 bridgehead atoms. The summed E-state index contributed by atoms with van der Waals surface area (Å²) < 4.78 is 0. The van der Waals surface area contributed by atoms with Crippen LogP contribution in [0.1, 0.15) is 59.1 Å². The maximum Gasteiger partial charge on any atom is 0.346 e. The molecule has 0 amide bonds. The van der Waals surface area contributed by atoms with E-state index in [9.17, 15) is 15.0 Å². The van der Waals surface area contributed by atoms with Crippen LogP contribution >= 0.6 is 12.2 Å². The van der Waals surface area contributed by atoms with E-state index in [0.29, 0.717) is 11.1 Å². The summed E-state index contributed by atoms with van der Waals surface area (Å²) in [6.45, 7) is 0. The van der Waals surface area contributed by atoms with Gasteiger partial charge in [-0.1, -0.05) is 24.4 Å². The Hall–Kier alpha value is -4.14. The van der Waals surface area contributed by atoms with E-state index in [0.717, 1.165) is 61.6 Å². The number of benzene rings is 2. The predicted octanol–water partition coefficient (Wildman–Crippen LogP) is 4.73. The van der Waals surface area contributed by atoms with Crippen molar-refractivity contribution in [1.82, 2.24) is 0 Å². The Morgan fingerprint density at radius 3 is 2.08 bits per heavy atom. The molecule has 2 aromatic rings. The largest absolute Gasteiger partial charge is 0.508 e. The molecule has 0 aromatic heterocycles. The molecule has 2 aliphatic rings. The first-order valence-electron chi connectivity index (χ1n) is 11.7. The van der Waals surface area contributed by atoms with Gasteiger partial charge in [0.1, 0.15) is 34.2 Å². The summed E-state index contributed by atoms with van der Waals surface area (Å²) in [5, 5.41) is 46.3. The minimum absolute atomic E-state index is 0.0605. The molecular formula is C28H27N3O4S. The van der Waals surface area contributed by atoms with Crippen molar-refractivity contribution in [3.05, 3.63) is 68.8 Å². The third-order valence-corrected chi connectivity index (χ3v) is 6.57. The van der Waals surface area contributed by atoms with E-state index in [2.05, 4.69) is 0 Å². The topological polar surface area (TPSA) is 151 Å². The molecule has 36 heavy (non-hydrogen) atoms. The summed E-state index contributed by atoms with van der Waals surface area (Å²) in [7, 11) is 0. The molecule has 8 heteroatoms. The highest BCUT2D eigenvalue weighted by atomic mass is 32.1. The third-order valence-electron chi connectivity index (χ3n) is 6.35. The van der Waals surface area contributed by atoms with Crippen molar-refractivity contribution in [2.75, 3.05) is 0 Å². The first kappa shape index (κ1) is 26.5. The van der Waals surface area contributed by atoms with Crippen LogP contribution in [0.2, 0.25) is 0 Å². The summed E-state index contributed by atoms with van der Waals surface area (Å²) in [4.78, 5) is 10.8. The number of aliphatic carboxylic acids is 1. The molecule has 0 spiro atoms. The van der Waals surface area contributed by atoms with Crippen LogP contribution in [0.15, 0.2) is 35.4 Å². The molecule has 0 heterocycles. The number of fused-ring (bicyclic) bond motifs is 2. The van der Waals surface area contributed by atoms with Gasteiger partial charge in [-0.15, -0.1) is 0 Å². The number of aryl methyl sites for hydroxylation is 2. The second kappa shape index (κ2) is 12.0. The van der Waals surface area contributed by atoms with Gasteiger partial charge >= 0.3 is 5.97 Å². The minimum atomic E-state index is -1.25. The SMILES string of the molecule is N#CC(=Cc1c(O)ccc2c1CCCC2)C(N)=S.N#CC(=Cc1cc(O)c2c(c1)CCCC2)C(=O)O. The zero-order chi connectivity index (χ0) is 26.2. The van der Waals surface area contributed by atoms with Crippen LogP contribution in [0.3, 0.4) is 0 Å². The number of aromatic hydroxyl groups is 2. The highest BCUT2D eigenvalue weighted by molar-refractivity contribution is 7.80. The Balaban J connectivity index is 0.000000201. The average molecular weight is 502 g/mol. The highest BCUT2D eigenvalue weighted by Gasteiger charge is 2.17. The second-order valence-corrected chi connectivity index (χ2v) is 9.18. The minimum Gasteiger partial charge on any atom is -0.508 e. The van der Waals surface area contributed by atoms with Crippen LogP contribution < -0.4 is 5.73 Å². The lowest BCUT2D eigenvalue weighted by molar-refractivity contribution is -0.132. The van der Waals surface area contributed by atoms with Crippen molar-refractivity contribution < 1.29 is 20.1 Å². The van der Waals surface area contributed by atoms with Crippen LogP contribution in [-0.2, 0) is 30.5 Å². The molecule has 2 aromatic carbocycles. The molecule has 0 saturated carbocycles. The summed E-state index contributed by atoms with van der Waals surface area (Å²) in [5.74, 6) is -0.879. The monoisotopic (exact) mass is 501 g/mol. The maximum atomic E-state index is 10.8. The molecule has 0 fully saturated rings. The number of carbonyl (C=O) groups is 1. The number of nitrogens with zero attached hydrogens (tertiary/aromatic N) is 2. The molecule has 2 aliphatic carbocycles. The summed E-state index contributed by atoms with van der Waals surface area (Å²) >= 11 is 4.82. The summed E-state index contributed by atoms with van der Waals surface area (Å²) in [6, 6.07) is 10.6. The van der Waals surface area contributed by atoms with Crippen molar-refractivity contribution in [3.8, 4) is 23.6 Å². The lowest BCUT2D eigenvalue weighted by Crippen LogP contribution is -2.10. The molecular weight excluding hydrogens is 474 g/mol. The molecule has 0 radical (unpaired) electrons. The standard InChI is InChI=1S/C14H14N2OS.C14H13NO3/c15-8-10(14(16)18)7-12-11-4-2-1-3-9(11)5-6-13(12)17;15-8-11(14(17)18)6-9-5-10-3-1-2-4-12(10)13(16)7-9/h5-7,17H,1-4H2,(H2,16,18);5-7,16H,1-4H2,(H,17,18). The lowest BCUT2D eigenvalue weighted by atomic mass is 9.87. The maximum absolute atomic E-state index is 10.8. The number of carboxylic acids is 1. The van der Waals surface area contributed by atoms with Gasteiger partial charge < -0.3 is 21.1 Å². The number of thiocarbonyl (C=S) groups is 1. The highest BCUT2D eigenvalue weighted by Crippen LogP contribution is 2.32. The van der Waals surface area contributed by atoms with E-state index >= 15 is 0 Å². The van der Waals surface area contributed by atoms with Gasteiger partial charge in [0, 0.05) is 5.56 Å². The van der Waals surface area contributed by atoms with Crippen molar-refractivity contribution in [1.29, 1.82) is 10.5 Å². The van der Waals surface area contributed by atoms with E-state index < -0.39 is 5.97 Å². The summed E-state index contributed by atoms with van der Waals surface area (Å²) in [5.41, 5.74) is 11.0. The van der Waals surface area contributed by atoms with Gasteiger partial charge in [0.2, 0.25) is 0 Å². The Labute approximate surface area is 215 Å². The van der Waals surface area contributed by atoms with Crippen LogP contribution in [0.5, 0.6) is 11.5 Å². The number of hydrogen-bond acceptors (Lipinski definition) is 6. The summed E-state index contributed by atoms with van der Waals surface area (Å²) in [6.07, 6.45) is 11.0. The number of rotatable bonds is 4. The van der Waals surface area contributed by atoms with Crippen molar-refractivity contribution in [2.45, 2.75) is 51.4 Å². The van der Waals surface area contributed by atoms with E-state index in [-0.39, 0.29) is 27.6 Å². The van der Waals surface area contributed by atoms with Gasteiger partial charge in [0.05, 0.1) is 5.57 Å². The molecule has 0 aliphatic heterocycles. The molecule has 0 unspecified atom stereocenters. The van der Waals surface area contributed by atoms with E-state index in [1.54, 1.807) is 18.2 Å². The van der Waals surface area contributed by atoms with E-state index in [1.807, 2.05) is 18.2 Å². The van der Waals surface area contributed by atoms with E-state index in [1.165, 1.54) is 24.1 Å². The molecule has 5 N–H and O–H groups in total. The molecule has 4 rings (SSSR count). The third kappa shape index (κ3) is 6.29.